The van der Waals surface area contributed by atoms with E-state index in [2.05, 4.69) is 9.41 Å². The van der Waals surface area contributed by atoms with Gasteiger partial charge in [0.25, 0.3) is 5.09 Å². The van der Waals surface area contributed by atoms with Crippen LogP contribution in [0.15, 0.2) is 30.3 Å². The molecule has 7 heteroatoms. The number of nitrogens with zero attached hydrogens (tertiary/aromatic N) is 1. The van der Waals surface area contributed by atoms with Crippen LogP contribution >= 0.6 is 0 Å². The molecule has 0 aliphatic rings. The van der Waals surface area contributed by atoms with E-state index in [1.807, 2.05) is 0 Å². The van der Waals surface area contributed by atoms with Gasteiger partial charge < -0.3 is 9.68 Å². The van der Waals surface area contributed by atoms with Crippen LogP contribution in [-0.4, -0.2) is 17.4 Å². The molecule has 1 aromatic carbocycles. The summed E-state index contributed by atoms with van der Waals surface area (Å²) in [6.45, 7) is 0. The van der Waals surface area contributed by atoms with Crippen molar-refractivity contribution in [2.24, 2.45) is 0 Å². The maximum absolute atomic E-state index is 9.74. The standard InChI is InChI=1S/C6H6BNO5/c9-7(13-8(10)11)12-6-4-2-1-3-5-6/h1-5,9H. The molecule has 1 N–H and O–H groups in total. The summed E-state index contributed by atoms with van der Waals surface area (Å²) < 4.78 is 8.33. The molecule has 0 spiro atoms. The molecule has 0 amide bonds. The van der Waals surface area contributed by atoms with Crippen molar-refractivity contribution in [3.63, 3.8) is 0 Å². The van der Waals surface area contributed by atoms with Gasteiger partial charge in [-0.3, -0.25) is 4.76 Å². The van der Waals surface area contributed by atoms with Crippen LogP contribution in [-0.2, 0) is 4.76 Å². The zero-order chi connectivity index (χ0) is 9.68. The van der Waals surface area contributed by atoms with Gasteiger partial charge in [-0.2, -0.15) is 0 Å². The Hall–Kier alpha value is -1.76. The van der Waals surface area contributed by atoms with Crippen molar-refractivity contribution in [2.45, 2.75) is 0 Å². The first kappa shape index (κ1) is 9.33. The van der Waals surface area contributed by atoms with E-state index in [9.17, 15) is 10.1 Å². The second-order valence-electron chi connectivity index (χ2n) is 2.07. The van der Waals surface area contributed by atoms with Gasteiger partial charge in [0.15, 0.2) is 0 Å². The van der Waals surface area contributed by atoms with Crippen molar-refractivity contribution in [1.82, 2.24) is 0 Å². The monoisotopic (exact) mass is 183 g/mol. The molecule has 0 aromatic heterocycles. The maximum Gasteiger partial charge on any atom is 0.734 e. The summed E-state index contributed by atoms with van der Waals surface area (Å²) in [4.78, 5) is 9.74. The average molecular weight is 183 g/mol. The fourth-order valence-electron chi connectivity index (χ4n) is 0.711. The first-order chi connectivity index (χ1) is 6.18. The molecule has 0 aliphatic heterocycles. The topological polar surface area (TPSA) is 81.8 Å². The van der Waals surface area contributed by atoms with Crippen LogP contribution in [0, 0.1) is 10.1 Å². The molecule has 6 nitrogen and oxygen atoms in total. The summed E-state index contributed by atoms with van der Waals surface area (Å²) in [6, 6.07) is 8.13. The number of hydrogen-bond acceptors (Lipinski definition) is 5. The molecule has 13 heavy (non-hydrogen) atoms. The molecule has 0 fully saturated rings. The highest BCUT2D eigenvalue weighted by atomic mass is 17.0. The molecular weight excluding hydrogens is 177 g/mol. The lowest BCUT2D eigenvalue weighted by molar-refractivity contribution is -0.724. The Kier molecular flexibility index (Phi) is 3.10. The Bertz CT molecular complexity index is 280. The average Bonchev–Trinajstić information content (AvgIpc) is 2.04. The summed E-state index contributed by atoms with van der Waals surface area (Å²) in [7, 11) is -1.89. The van der Waals surface area contributed by atoms with Gasteiger partial charge in [0.2, 0.25) is 0 Å². The number of hydrogen-bond donors (Lipinski definition) is 1. The van der Waals surface area contributed by atoms with Crippen LogP contribution in [0.5, 0.6) is 5.75 Å². The first-order valence-electron chi connectivity index (χ1n) is 3.39. The Labute approximate surface area is 74.0 Å². The summed E-state index contributed by atoms with van der Waals surface area (Å²) in [5.74, 6) is 0.289. The highest BCUT2D eigenvalue weighted by Gasteiger charge is 2.21. The largest absolute Gasteiger partial charge is 0.734 e. The van der Waals surface area contributed by atoms with E-state index in [-0.39, 0.29) is 5.75 Å². The second-order valence-corrected chi connectivity index (χ2v) is 2.07. The third kappa shape index (κ3) is 3.43. The number of benzene rings is 1. The quantitative estimate of drug-likeness (QED) is 0.411. The predicted octanol–water partition coefficient (Wildman–Crippen LogP) is 0.251. The second kappa shape index (κ2) is 4.32. The van der Waals surface area contributed by atoms with E-state index in [0.29, 0.717) is 0 Å². The van der Waals surface area contributed by atoms with Gasteiger partial charge in [-0.1, -0.05) is 18.2 Å². The van der Waals surface area contributed by atoms with Gasteiger partial charge in [-0.15, -0.1) is 10.1 Å². The molecule has 0 saturated carbocycles. The van der Waals surface area contributed by atoms with Crippen LogP contribution < -0.4 is 4.65 Å². The van der Waals surface area contributed by atoms with E-state index < -0.39 is 12.4 Å². The lowest BCUT2D eigenvalue weighted by Gasteiger charge is -2.05. The number of rotatable bonds is 4. The van der Waals surface area contributed by atoms with Crippen molar-refractivity contribution in [2.75, 3.05) is 0 Å². The predicted molar refractivity (Wildman–Crippen MR) is 43.1 cm³/mol. The number of para-hydroxylation sites is 1. The highest BCUT2D eigenvalue weighted by Crippen LogP contribution is 2.08. The minimum absolute atomic E-state index is 0.289. The van der Waals surface area contributed by atoms with Crippen LogP contribution in [0.25, 0.3) is 0 Å². The first-order valence-corrected chi connectivity index (χ1v) is 3.39. The SMILES string of the molecule is O=[N+]([O-])OB(O)Oc1ccccc1. The summed E-state index contributed by atoms with van der Waals surface area (Å²) >= 11 is 0. The Morgan fingerprint density at radius 3 is 2.54 bits per heavy atom. The Balaban J connectivity index is 2.45. The van der Waals surface area contributed by atoms with Gasteiger partial charge in [-0.05, 0) is 12.1 Å². The van der Waals surface area contributed by atoms with Crippen molar-refractivity contribution in [3.8, 4) is 5.75 Å². The van der Waals surface area contributed by atoms with E-state index >= 15 is 0 Å². The van der Waals surface area contributed by atoms with Crippen molar-refractivity contribution in [3.05, 3.63) is 40.4 Å². The Morgan fingerprint density at radius 1 is 1.38 bits per heavy atom. The lowest BCUT2D eigenvalue weighted by atomic mass is 10.2. The maximum atomic E-state index is 9.74. The van der Waals surface area contributed by atoms with Gasteiger partial charge in [-0.25, -0.2) is 0 Å². The van der Waals surface area contributed by atoms with Crippen molar-refractivity contribution < 1.29 is 19.5 Å². The Morgan fingerprint density at radius 2 is 2.00 bits per heavy atom. The van der Waals surface area contributed by atoms with E-state index in [0.717, 1.165) is 0 Å². The van der Waals surface area contributed by atoms with E-state index in [4.69, 9.17) is 5.02 Å². The summed E-state index contributed by atoms with van der Waals surface area (Å²) in [5.41, 5.74) is 0. The molecule has 1 rings (SSSR count). The molecular formula is C6H6BNO5. The fourth-order valence-corrected chi connectivity index (χ4v) is 0.711. The summed E-state index contributed by atoms with van der Waals surface area (Å²) in [5, 5.41) is 17.4. The van der Waals surface area contributed by atoms with Crippen LogP contribution in [0.3, 0.4) is 0 Å². The highest BCUT2D eigenvalue weighted by molar-refractivity contribution is 6.35. The molecule has 0 atom stereocenters. The molecule has 68 valence electrons. The van der Waals surface area contributed by atoms with E-state index in [1.165, 1.54) is 12.1 Å². The van der Waals surface area contributed by atoms with Gasteiger partial charge in [0, 0.05) is 0 Å². The van der Waals surface area contributed by atoms with Crippen LogP contribution in [0.2, 0.25) is 0 Å². The molecule has 0 saturated heterocycles. The third-order valence-corrected chi connectivity index (χ3v) is 1.16. The molecule has 0 bridgehead atoms. The third-order valence-electron chi connectivity index (χ3n) is 1.16. The van der Waals surface area contributed by atoms with Gasteiger partial charge >= 0.3 is 7.32 Å². The zero-order valence-corrected chi connectivity index (χ0v) is 6.49. The van der Waals surface area contributed by atoms with Gasteiger partial charge in [0.1, 0.15) is 5.75 Å². The lowest BCUT2D eigenvalue weighted by Crippen LogP contribution is -2.28. The minimum atomic E-state index is -1.89. The molecule has 0 radical (unpaired) electrons. The molecule has 0 aliphatic carbocycles. The molecule has 0 unspecified atom stereocenters. The van der Waals surface area contributed by atoms with Crippen molar-refractivity contribution >= 4 is 7.32 Å². The fraction of sp³-hybridized carbons (Fsp3) is 0. The minimum Gasteiger partial charge on any atom is -0.515 e. The molecule has 1 aromatic rings. The van der Waals surface area contributed by atoms with Crippen LogP contribution in [0.1, 0.15) is 0 Å². The molecule has 0 heterocycles. The van der Waals surface area contributed by atoms with Gasteiger partial charge in [0.05, 0.1) is 0 Å². The van der Waals surface area contributed by atoms with Crippen molar-refractivity contribution in [1.29, 1.82) is 0 Å². The summed E-state index contributed by atoms with van der Waals surface area (Å²) in [6.07, 6.45) is 0. The smallest absolute Gasteiger partial charge is 0.515 e. The normalized spacial score (nSPS) is 9.00. The zero-order valence-electron chi connectivity index (χ0n) is 6.49. The van der Waals surface area contributed by atoms with Crippen LogP contribution in [0.4, 0.5) is 0 Å². The van der Waals surface area contributed by atoms with E-state index in [1.54, 1.807) is 18.2 Å².